The van der Waals surface area contributed by atoms with Gasteiger partial charge in [-0.15, -0.1) is 0 Å². The van der Waals surface area contributed by atoms with E-state index in [0.29, 0.717) is 11.1 Å². The molecule has 21 heavy (non-hydrogen) atoms. The molecule has 0 saturated carbocycles. The summed E-state index contributed by atoms with van der Waals surface area (Å²) in [5.41, 5.74) is 3.78. The number of thioether (sulfide) groups is 1. The summed E-state index contributed by atoms with van der Waals surface area (Å²) in [6.45, 7) is 6.40. The fourth-order valence-electron chi connectivity index (χ4n) is 2.38. The van der Waals surface area contributed by atoms with Gasteiger partial charge in [-0.25, -0.2) is 0 Å². The zero-order valence-electron chi connectivity index (χ0n) is 12.6. The number of rotatable bonds is 5. The molecule has 0 fully saturated rings. The SMILES string of the molecule is CCC(C)SCc1noc(-c2ccc3c(c2)CNCC3)n1. The van der Waals surface area contributed by atoms with E-state index < -0.39 is 0 Å². The van der Waals surface area contributed by atoms with E-state index in [1.165, 1.54) is 11.1 Å². The molecule has 1 aromatic carbocycles. The number of nitrogens with one attached hydrogen (secondary N) is 1. The van der Waals surface area contributed by atoms with Crippen LogP contribution < -0.4 is 5.32 Å². The Labute approximate surface area is 129 Å². The number of fused-ring (bicyclic) bond motifs is 1. The largest absolute Gasteiger partial charge is 0.334 e. The molecule has 0 aliphatic carbocycles. The second-order valence-corrected chi connectivity index (χ2v) is 6.88. The van der Waals surface area contributed by atoms with Crippen LogP contribution in [0.1, 0.15) is 37.2 Å². The molecule has 0 amide bonds. The number of hydrogen-bond donors (Lipinski definition) is 1. The highest BCUT2D eigenvalue weighted by Gasteiger charge is 2.14. The van der Waals surface area contributed by atoms with Crippen LogP contribution >= 0.6 is 11.8 Å². The van der Waals surface area contributed by atoms with Crippen LogP contribution in [0.4, 0.5) is 0 Å². The highest BCUT2D eigenvalue weighted by Crippen LogP contribution is 2.24. The molecule has 2 aromatic rings. The predicted molar refractivity (Wildman–Crippen MR) is 86.2 cm³/mol. The van der Waals surface area contributed by atoms with Crippen LogP contribution in [0.15, 0.2) is 22.7 Å². The van der Waals surface area contributed by atoms with Gasteiger partial charge in [0.15, 0.2) is 5.82 Å². The van der Waals surface area contributed by atoms with Crippen LogP contribution in [-0.4, -0.2) is 21.9 Å². The van der Waals surface area contributed by atoms with Crippen molar-refractivity contribution in [1.82, 2.24) is 15.5 Å². The summed E-state index contributed by atoms with van der Waals surface area (Å²) < 4.78 is 5.41. The van der Waals surface area contributed by atoms with Gasteiger partial charge in [-0.05, 0) is 42.6 Å². The van der Waals surface area contributed by atoms with Gasteiger partial charge in [-0.2, -0.15) is 16.7 Å². The maximum Gasteiger partial charge on any atom is 0.257 e. The molecule has 112 valence electrons. The third kappa shape index (κ3) is 3.47. The number of nitrogens with zero attached hydrogens (tertiary/aromatic N) is 2. The minimum Gasteiger partial charge on any atom is -0.334 e. The quantitative estimate of drug-likeness (QED) is 0.917. The van der Waals surface area contributed by atoms with Crippen molar-refractivity contribution in [2.45, 2.75) is 44.2 Å². The van der Waals surface area contributed by atoms with Gasteiger partial charge in [0.05, 0.1) is 5.75 Å². The Morgan fingerprint density at radius 1 is 1.38 bits per heavy atom. The second kappa shape index (κ2) is 6.62. The molecule has 1 aromatic heterocycles. The van der Waals surface area contributed by atoms with Crippen molar-refractivity contribution >= 4 is 11.8 Å². The summed E-state index contributed by atoms with van der Waals surface area (Å²) in [7, 11) is 0. The highest BCUT2D eigenvalue weighted by atomic mass is 32.2. The zero-order valence-corrected chi connectivity index (χ0v) is 13.4. The average molecular weight is 303 g/mol. The van der Waals surface area contributed by atoms with Gasteiger partial charge in [0.25, 0.3) is 5.89 Å². The van der Waals surface area contributed by atoms with Gasteiger partial charge in [-0.1, -0.05) is 25.1 Å². The molecular formula is C16H21N3OS. The Bertz CT molecular complexity index is 611. The van der Waals surface area contributed by atoms with E-state index in [0.717, 1.165) is 43.1 Å². The molecule has 2 heterocycles. The lowest BCUT2D eigenvalue weighted by Gasteiger charge is -2.17. The molecule has 5 heteroatoms. The lowest BCUT2D eigenvalue weighted by atomic mass is 9.98. The molecule has 0 radical (unpaired) electrons. The van der Waals surface area contributed by atoms with E-state index in [1.807, 2.05) is 11.8 Å². The van der Waals surface area contributed by atoms with E-state index in [4.69, 9.17) is 4.52 Å². The van der Waals surface area contributed by atoms with Crippen LogP contribution in [0.3, 0.4) is 0 Å². The van der Waals surface area contributed by atoms with Crippen molar-refractivity contribution in [3.8, 4) is 11.5 Å². The van der Waals surface area contributed by atoms with Crippen LogP contribution in [0.5, 0.6) is 0 Å². The topological polar surface area (TPSA) is 51.0 Å². The van der Waals surface area contributed by atoms with E-state index in [-0.39, 0.29) is 0 Å². The van der Waals surface area contributed by atoms with Crippen LogP contribution in [-0.2, 0) is 18.7 Å². The van der Waals surface area contributed by atoms with Crippen molar-refractivity contribution in [3.63, 3.8) is 0 Å². The Morgan fingerprint density at radius 2 is 2.29 bits per heavy atom. The Kier molecular flexibility index (Phi) is 4.60. The lowest BCUT2D eigenvalue weighted by Crippen LogP contribution is -2.23. The number of benzene rings is 1. The molecule has 0 spiro atoms. The summed E-state index contributed by atoms with van der Waals surface area (Å²) in [5.74, 6) is 2.22. The van der Waals surface area contributed by atoms with Gasteiger partial charge in [-0.3, -0.25) is 0 Å². The molecule has 4 nitrogen and oxygen atoms in total. The average Bonchev–Trinajstić information content (AvgIpc) is 3.01. The monoisotopic (exact) mass is 303 g/mol. The molecular weight excluding hydrogens is 282 g/mol. The number of aromatic nitrogens is 2. The summed E-state index contributed by atoms with van der Waals surface area (Å²) in [6.07, 6.45) is 2.25. The first-order valence-electron chi connectivity index (χ1n) is 7.53. The van der Waals surface area contributed by atoms with Crippen LogP contribution in [0, 0.1) is 0 Å². The first-order valence-corrected chi connectivity index (χ1v) is 8.58. The molecule has 0 bridgehead atoms. The molecule has 1 aliphatic heterocycles. The molecule has 0 saturated heterocycles. The van der Waals surface area contributed by atoms with Gasteiger partial charge in [0.1, 0.15) is 0 Å². The Balaban J connectivity index is 1.73. The van der Waals surface area contributed by atoms with E-state index in [1.54, 1.807) is 0 Å². The molecule has 1 N–H and O–H groups in total. The Morgan fingerprint density at radius 3 is 3.14 bits per heavy atom. The number of hydrogen-bond acceptors (Lipinski definition) is 5. The standard InChI is InChI=1S/C16H21N3OS/c1-3-11(2)21-10-15-18-16(20-19-15)13-5-4-12-6-7-17-9-14(12)8-13/h4-5,8,11,17H,3,6-7,9-10H2,1-2H3. The van der Waals surface area contributed by atoms with Gasteiger partial charge in [0.2, 0.25) is 0 Å². The molecule has 3 rings (SSSR count). The smallest absolute Gasteiger partial charge is 0.257 e. The van der Waals surface area contributed by atoms with Crippen LogP contribution in [0.25, 0.3) is 11.5 Å². The summed E-state index contributed by atoms with van der Waals surface area (Å²) in [5, 5.41) is 8.11. The highest BCUT2D eigenvalue weighted by molar-refractivity contribution is 7.99. The van der Waals surface area contributed by atoms with Crippen molar-refractivity contribution in [2.24, 2.45) is 0 Å². The summed E-state index contributed by atoms with van der Waals surface area (Å²) >= 11 is 1.87. The van der Waals surface area contributed by atoms with Gasteiger partial charge < -0.3 is 9.84 Å². The first kappa shape index (κ1) is 14.6. The van der Waals surface area contributed by atoms with Crippen LogP contribution in [0.2, 0.25) is 0 Å². The third-order valence-electron chi connectivity index (χ3n) is 3.88. The van der Waals surface area contributed by atoms with Crippen molar-refractivity contribution in [2.75, 3.05) is 6.54 Å². The third-order valence-corrected chi connectivity index (χ3v) is 5.21. The summed E-state index contributed by atoms with van der Waals surface area (Å²) in [4.78, 5) is 4.52. The van der Waals surface area contributed by atoms with Crippen molar-refractivity contribution < 1.29 is 4.52 Å². The van der Waals surface area contributed by atoms with Crippen molar-refractivity contribution in [1.29, 1.82) is 0 Å². The normalized spacial score (nSPS) is 15.7. The first-order chi connectivity index (χ1) is 10.3. The minimum atomic E-state index is 0.627. The zero-order chi connectivity index (χ0) is 14.7. The maximum absolute atomic E-state index is 5.41. The second-order valence-electron chi connectivity index (χ2n) is 5.46. The van der Waals surface area contributed by atoms with Gasteiger partial charge in [0, 0.05) is 17.4 Å². The van der Waals surface area contributed by atoms with Gasteiger partial charge >= 0.3 is 0 Å². The van der Waals surface area contributed by atoms with E-state index in [9.17, 15) is 0 Å². The molecule has 1 unspecified atom stereocenters. The maximum atomic E-state index is 5.41. The fourth-order valence-corrected chi connectivity index (χ4v) is 3.16. The van der Waals surface area contributed by atoms with E-state index >= 15 is 0 Å². The van der Waals surface area contributed by atoms with E-state index in [2.05, 4.69) is 47.5 Å². The lowest BCUT2D eigenvalue weighted by molar-refractivity contribution is 0.425. The Hall–Kier alpha value is -1.33. The van der Waals surface area contributed by atoms with Crippen molar-refractivity contribution in [3.05, 3.63) is 35.2 Å². The molecule has 1 atom stereocenters. The minimum absolute atomic E-state index is 0.627. The fraction of sp³-hybridized carbons (Fsp3) is 0.500. The predicted octanol–water partition coefficient (Wildman–Crippen LogP) is 3.41. The molecule has 1 aliphatic rings. The summed E-state index contributed by atoms with van der Waals surface area (Å²) in [6, 6.07) is 6.44.